The average Bonchev–Trinajstić information content (AvgIpc) is 2.56. The molecule has 0 N–H and O–H groups in total. The number of hydrogen-bond acceptors (Lipinski definition) is 0. The van der Waals surface area contributed by atoms with Gasteiger partial charge in [-0.15, -0.1) is 0 Å². The first-order valence-electron chi connectivity index (χ1n) is 6.98. The van der Waals surface area contributed by atoms with E-state index in [2.05, 4.69) is 97.7 Å². The summed E-state index contributed by atoms with van der Waals surface area (Å²) in [5.74, 6) is 0. The molecule has 0 radical (unpaired) electrons. The van der Waals surface area contributed by atoms with Gasteiger partial charge in [0.15, 0.2) is 0 Å². The van der Waals surface area contributed by atoms with Crippen LogP contribution in [0.4, 0.5) is 4.70 Å². The molecule has 0 saturated carbocycles. The molecule has 3 aromatic carbocycles. The molecule has 0 aliphatic carbocycles. The predicted octanol–water partition coefficient (Wildman–Crippen LogP) is 3.50. The minimum Gasteiger partial charge on any atom is -0.269 e. The molecule has 0 nitrogen and oxygen atoms in total. The van der Waals surface area contributed by atoms with Gasteiger partial charge >= 0.3 is 121 Å². The molecule has 3 aromatic rings. The van der Waals surface area contributed by atoms with Gasteiger partial charge in [0.25, 0.3) is 0 Å². The van der Waals surface area contributed by atoms with Crippen LogP contribution in [0.2, 0.25) is 0 Å². The Hall–Kier alpha value is -1.98. The van der Waals surface area contributed by atoms with Gasteiger partial charge in [0.05, 0.1) is 0 Å². The summed E-state index contributed by atoms with van der Waals surface area (Å²) in [6.07, 6.45) is 0. The molecule has 2 heteroatoms. The van der Waals surface area contributed by atoms with Crippen LogP contribution in [0.25, 0.3) is 0 Å². The van der Waals surface area contributed by atoms with Crippen molar-refractivity contribution in [1.82, 2.24) is 0 Å². The van der Waals surface area contributed by atoms with Crippen molar-refractivity contribution in [2.24, 2.45) is 0 Å². The van der Waals surface area contributed by atoms with Crippen molar-refractivity contribution in [1.29, 1.82) is 0 Å². The van der Waals surface area contributed by atoms with E-state index in [0.717, 1.165) is 0 Å². The first-order valence-corrected chi connectivity index (χ1v) is 9.48. The van der Waals surface area contributed by atoms with Crippen LogP contribution in [0.5, 0.6) is 0 Å². The van der Waals surface area contributed by atoms with Gasteiger partial charge in [0, 0.05) is 0 Å². The van der Waals surface area contributed by atoms with E-state index >= 15 is 0 Å². The zero-order valence-electron chi connectivity index (χ0n) is 12.1. The summed E-state index contributed by atoms with van der Waals surface area (Å²) in [7, 11) is -1.88. The summed E-state index contributed by atoms with van der Waals surface area (Å²) in [6, 6.07) is 32.8. The Bertz CT molecular complexity index is 569. The summed E-state index contributed by atoms with van der Waals surface area (Å²) in [5, 5.41) is 4.37. The largest absolute Gasteiger partial charge is 0.269 e. The maximum atomic E-state index is 2.44. The Morgan fingerprint density at radius 1 is 0.476 bits per heavy atom. The van der Waals surface area contributed by atoms with Crippen LogP contribution in [0.3, 0.4) is 0 Å². The van der Waals surface area contributed by atoms with Gasteiger partial charge in [-0.1, -0.05) is 0 Å². The zero-order valence-corrected chi connectivity index (χ0v) is 13.1. The van der Waals surface area contributed by atoms with Gasteiger partial charge in [-0.3, -0.25) is 4.70 Å². The maximum absolute atomic E-state index is 2.44. The van der Waals surface area contributed by atoms with Crippen molar-refractivity contribution in [3.63, 3.8) is 0 Å². The molecule has 0 aromatic heterocycles. The molecule has 21 heavy (non-hydrogen) atoms. The van der Waals surface area contributed by atoms with E-state index in [1.807, 2.05) is 0 Å². The van der Waals surface area contributed by atoms with Crippen LogP contribution in [0.1, 0.15) is 0 Å². The molecule has 0 aliphatic rings. The van der Waals surface area contributed by atoms with Gasteiger partial charge in [-0.2, -0.15) is 0 Å². The van der Waals surface area contributed by atoms with E-state index in [4.69, 9.17) is 0 Å². The monoisotopic (exact) mass is 298 g/mol. The standard InChI is InChI=1S/C19H19P.FH/c1-20(17-11-5-2-6-12-17,18-13-7-3-8-14-18)19-15-9-4-10-16-19;/h2-16,20H,1H3;1H. The van der Waals surface area contributed by atoms with Crippen LogP contribution in [-0.2, 0) is 0 Å². The Morgan fingerprint density at radius 3 is 0.952 bits per heavy atom. The van der Waals surface area contributed by atoms with Gasteiger partial charge in [-0.25, -0.2) is 0 Å². The fourth-order valence-electron chi connectivity index (χ4n) is 2.81. The van der Waals surface area contributed by atoms with Gasteiger partial charge in [0.1, 0.15) is 0 Å². The molecule has 0 amide bonds. The Morgan fingerprint density at radius 2 is 0.714 bits per heavy atom. The molecule has 0 spiro atoms. The summed E-state index contributed by atoms with van der Waals surface area (Å²) in [6.45, 7) is 2.44. The van der Waals surface area contributed by atoms with Crippen molar-refractivity contribution in [2.45, 2.75) is 0 Å². The fourth-order valence-corrected chi connectivity index (χ4v) is 6.39. The molecule has 0 saturated heterocycles. The number of benzene rings is 3. The first-order chi connectivity index (χ1) is 9.82. The molecule has 0 bridgehead atoms. The minimum absolute atomic E-state index is 0. The Kier molecular flexibility index (Phi) is 4.88. The van der Waals surface area contributed by atoms with E-state index in [-0.39, 0.29) is 4.70 Å². The molecule has 108 valence electrons. The third-order valence-corrected chi connectivity index (χ3v) is 8.52. The summed E-state index contributed by atoms with van der Waals surface area (Å²) in [5.41, 5.74) is 0. The van der Waals surface area contributed by atoms with Crippen LogP contribution in [0, 0.1) is 0 Å². The van der Waals surface area contributed by atoms with Crippen molar-refractivity contribution >= 4 is 23.2 Å². The Balaban J connectivity index is 0.00000161. The van der Waals surface area contributed by atoms with E-state index in [1.165, 1.54) is 15.9 Å². The van der Waals surface area contributed by atoms with E-state index in [0.29, 0.717) is 0 Å². The zero-order chi connectivity index (χ0) is 13.8. The molecular formula is C19H20FP. The molecular weight excluding hydrogens is 278 g/mol. The van der Waals surface area contributed by atoms with Gasteiger partial charge < -0.3 is 0 Å². The summed E-state index contributed by atoms with van der Waals surface area (Å²) >= 11 is 0. The number of halogens is 1. The van der Waals surface area contributed by atoms with Crippen LogP contribution in [-0.4, -0.2) is 6.66 Å². The van der Waals surface area contributed by atoms with E-state index < -0.39 is 7.26 Å². The van der Waals surface area contributed by atoms with Crippen molar-refractivity contribution < 1.29 is 4.70 Å². The van der Waals surface area contributed by atoms with Crippen LogP contribution in [0.15, 0.2) is 91.0 Å². The van der Waals surface area contributed by atoms with Crippen LogP contribution < -0.4 is 15.9 Å². The average molecular weight is 298 g/mol. The topological polar surface area (TPSA) is 0 Å². The smallest absolute Gasteiger partial charge is 0.269 e. The van der Waals surface area contributed by atoms with Crippen molar-refractivity contribution in [3.8, 4) is 0 Å². The van der Waals surface area contributed by atoms with E-state index in [9.17, 15) is 0 Å². The fraction of sp³-hybridized carbons (Fsp3) is 0.0526. The van der Waals surface area contributed by atoms with Crippen LogP contribution >= 0.6 is 7.26 Å². The second kappa shape index (κ2) is 6.65. The SMILES string of the molecule is C[PH](c1ccccc1)(c1ccccc1)c1ccccc1.F. The summed E-state index contributed by atoms with van der Waals surface area (Å²) in [4.78, 5) is 0. The van der Waals surface area contributed by atoms with Crippen molar-refractivity contribution in [3.05, 3.63) is 91.0 Å². The van der Waals surface area contributed by atoms with Gasteiger partial charge in [-0.05, 0) is 0 Å². The summed E-state index contributed by atoms with van der Waals surface area (Å²) < 4.78 is 0. The third-order valence-electron chi connectivity index (χ3n) is 4.05. The maximum Gasteiger partial charge on any atom is -0.269 e. The molecule has 0 unspecified atom stereocenters. The molecule has 0 fully saturated rings. The second-order valence-corrected chi connectivity index (χ2v) is 9.21. The number of rotatable bonds is 3. The second-order valence-electron chi connectivity index (χ2n) is 5.22. The normalized spacial score (nSPS) is 11.5. The third kappa shape index (κ3) is 2.89. The van der Waals surface area contributed by atoms with E-state index in [1.54, 1.807) is 0 Å². The predicted molar refractivity (Wildman–Crippen MR) is 95.0 cm³/mol. The number of hydrogen-bond donors (Lipinski definition) is 0. The first kappa shape index (κ1) is 15.4. The molecule has 0 atom stereocenters. The Labute approximate surface area is 126 Å². The quantitative estimate of drug-likeness (QED) is 0.649. The molecule has 3 rings (SSSR count). The van der Waals surface area contributed by atoms with Gasteiger partial charge in [0.2, 0.25) is 0 Å². The molecule has 0 heterocycles. The van der Waals surface area contributed by atoms with Crippen molar-refractivity contribution in [2.75, 3.05) is 6.66 Å². The minimum atomic E-state index is -1.88. The molecule has 0 aliphatic heterocycles.